The van der Waals surface area contributed by atoms with Crippen molar-refractivity contribution in [3.63, 3.8) is 0 Å². The Morgan fingerprint density at radius 3 is 2.00 bits per heavy atom. The van der Waals surface area contributed by atoms with E-state index in [0.29, 0.717) is 26.5 Å². The van der Waals surface area contributed by atoms with Crippen molar-refractivity contribution in [2.45, 2.75) is 13.2 Å². The van der Waals surface area contributed by atoms with Crippen LogP contribution in [0.5, 0.6) is 11.5 Å². The Hall–Kier alpha value is -3.63. The number of benzene rings is 4. The molecule has 0 aromatic heterocycles. The summed E-state index contributed by atoms with van der Waals surface area (Å²) in [5.41, 5.74) is 1.45. The number of fused-ring (bicyclic) bond motifs is 1. The van der Waals surface area contributed by atoms with E-state index < -0.39 is 28.5 Å². The lowest BCUT2D eigenvalue weighted by Crippen LogP contribution is -2.30. The van der Waals surface area contributed by atoms with E-state index in [-0.39, 0.29) is 23.4 Å². The van der Waals surface area contributed by atoms with Crippen molar-refractivity contribution in [3.05, 3.63) is 100 Å². The third-order valence-electron chi connectivity index (χ3n) is 5.61. The summed E-state index contributed by atoms with van der Waals surface area (Å²) in [6.45, 7) is -0.170. The third-order valence-corrected chi connectivity index (χ3v) is 7.61. The van der Waals surface area contributed by atoms with Crippen molar-refractivity contribution < 1.29 is 27.1 Å². The third kappa shape index (κ3) is 4.87. The summed E-state index contributed by atoms with van der Waals surface area (Å²) < 4.78 is 56.0. The van der Waals surface area contributed by atoms with Gasteiger partial charge in [0.25, 0.3) is 5.91 Å². The Labute approximate surface area is 215 Å². The van der Waals surface area contributed by atoms with Crippen LogP contribution in [0.3, 0.4) is 0 Å². The number of hydrogen-bond acceptors (Lipinski definition) is 5. The van der Waals surface area contributed by atoms with E-state index in [4.69, 9.17) is 9.47 Å². The molecule has 0 atom stereocenters. The van der Waals surface area contributed by atoms with Crippen LogP contribution in [0.1, 0.15) is 11.1 Å². The van der Waals surface area contributed by atoms with Crippen LogP contribution < -0.4 is 18.5 Å². The zero-order valence-electron chi connectivity index (χ0n) is 18.8. The highest BCUT2D eigenvalue weighted by molar-refractivity contribution is 9.10. The second-order valence-electron chi connectivity index (χ2n) is 8.13. The number of carbonyl (C=O) groups excluding carboxylic acids is 1. The lowest BCUT2D eigenvalue weighted by molar-refractivity contribution is -0.117. The summed E-state index contributed by atoms with van der Waals surface area (Å²) in [4.78, 5) is 11.9. The van der Waals surface area contributed by atoms with Gasteiger partial charge in [-0.05, 0) is 50.6 Å². The molecule has 184 valence electrons. The van der Waals surface area contributed by atoms with E-state index in [2.05, 4.69) is 15.9 Å². The second kappa shape index (κ2) is 9.79. The van der Waals surface area contributed by atoms with Crippen LogP contribution in [0.2, 0.25) is 0 Å². The molecular weight excluding hydrogens is 551 g/mol. The highest BCUT2D eigenvalue weighted by atomic mass is 79.9. The average Bonchev–Trinajstić information content (AvgIpc) is 3.14. The standard InChI is InChI=1S/C26H20BrFN2O5S/c27-21-13-20-19(11-22(21)34-15-17-7-3-1-4-8-17)12-23(35-16-18-9-5-2-6-10-18)26(25(20)28)30-14-24(31)29-36(30,32)33/h1-13H,14-16H2,(H,29,31). The van der Waals surface area contributed by atoms with E-state index >= 15 is 4.39 Å². The van der Waals surface area contributed by atoms with Crippen LogP contribution in [0.4, 0.5) is 10.1 Å². The molecule has 1 N–H and O–H groups in total. The summed E-state index contributed by atoms with van der Waals surface area (Å²) in [6.07, 6.45) is 0. The Morgan fingerprint density at radius 1 is 0.889 bits per heavy atom. The monoisotopic (exact) mass is 570 g/mol. The van der Waals surface area contributed by atoms with E-state index in [9.17, 15) is 13.2 Å². The van der Waals surface area contributed by atoms with Gasteiger partial charge >= 0.3 is 10.2 Å². The number of rotatable bonds is 7. The van der Waals surface area contributed by atoms with Crippen molar-refractivity contribution in [1.82, 2.24) is 4.72 Å². The number of ether oxygens (including phenoxy) is 2. The van der Waals surface area contributed by atoms with Crippen molar-refractivity contribution in [2.24, 2.45) is 0 Å². The number of hydrogen-bond donors (Lipinski definition) is 1. The number of anilines is 1. The molecule has 0 aliphatic carbocycles. The molecular formula is C26H20BrFN2O5S. The predicted octanol–water partition coefficient (Wildman–Crippen LogP) is 5.08. The number of nitrogens with one attached hydrogen (secondary N) is 1. The normalized spacial score (nSPS) is 14.6. The first-order valence-corrected chi connectivity index (χ1v) is 13.2. The van der Waals surface area contributed by atoms with Gasteiger partial charge in [-0.3, -0.25) is 4.79 Å². The maximum absolute atomic E-state index is 16.0. The van der Waals surface area contributed by atoms with Gasteiger partial charge in [0.15, 0.2) is 5.82 Å². The topological polar surface area (TPSA) is 84.9 Å². The molecule has 4 aromatic carbocycles. The maximum atomic E-state index is 16.0. The maximum Gasteiger partial charge on any atom is 0.326 e. The fourth-order valence-electron chi connectivity index (χ4n) is 3.89. The van der Waals surface area contributed by atoms with Gasteiger partial charge in [0.2, 0.25) is 0 Å². The lowest BCUT2D eigenvalue weighted by atomic mass is 10.1. The summed E-state index contributed by atoms with van der Waals surface area (Å²) in [7, 11) is -4.27. The Morgan fingerprint density at radius 2 is 1.44 bits per heavy atom. The molecule has 1 saturated heterocycles. The molecule has 0 unspecified atom stereocenters. The Kier molecular flexibility index (Phi) is 6.55. The zero-order chi connectivity index (χ0) is 25.3. The van der Waals surface area contributed by atoms with Gasteiger partial charge in [-0.25, -0.2) is 13.4 Å². The van der Waals surface area contributed by atoms with Gasteiger partial charge in [0, 0.05) is 5.39 Å². The Balaban J connectivity index is 1.58. The van der Waals surface area contributed by atoms with Crippen LogP contribution >= 0.6 is 15.9 Å². The second-order valence-corrected chi connectivity index (χ2v) is 10.6. The molecule has 1 heterocycles. The number of nitrogens with zero attached hydrogens (tertiary/aromatic N) is 1. The van der Waals surface area contributed by atoms with Crippen molar-refractivity contribution in [1.29, 1.82) is 0 Å². The first kappa shape index (κ1) is 24.1. The van der Waals surface area contributed by atoms with E-state index in [1.54, 1.807) is 12.1 Å². The molecule has 10 heteroatoms. The highest BCUT2D eigenvalue weighted by Gasteiger charge is 2.38. The fourth-order valence-corrected chi connectivity index (χ4v) is 5.51. The largest absolute Gasteiger partial charge is 0.488 e. The van der Waals surface area contributed by atoms with Gasteiger partial charge in [-0.2, -0.15) is 8.42 Å². The van der Waals surface area contributed by atoms with E-state index in [0.717, 1.165) is 11.1 Å². The zero-order valence-corrected chi connectivity index (χ0v) is 21.2. The summed E-state index contributed by atoms with van der Waals surface area (Å²) in [5.74, 6) is -1.11. The quantitative estimate of drug-likeness (QED) is 0.335. The lowest BCUT2D eigenvalue weighted by Gasteiger charge is -2.21. The summed E-state index contributed by atoms with van der Waals surface area (Å²) in [5, 5.41) is 0.590. The molecule has 36 heavy (non-hydrogen) atoms. The Bertz CT molecular complexity index is 1550. The minimum Gasteiger partial charge on any atom is -0.488 e. The SMILES string of the molecule is O=C1CN(c2c(OCc3ccccc3)cc3cc(OCc4ccccc4)c(Br)cc3c2F)S(=O)(=O)N1. The van der Waals surface area contributed by atoms with Crippen LogP contribution in [0.15, 0.2) is 83.3 Å². The minimum absolute atomic E-state index is 0.0136. The number of amides is 1. The van der Waals surface area contributed by atoms with E-state index in [1.165, 1.54) is 6.07 Å². The molecule has 5 rings (SSSR count). The first-order valence-electron chi connectivity index (χ1n) is 10.9. The minimum atomic E-state index is -4.27. The van der Waals surface area contributed by atoms with Crippen molar-refractivity contribution >= 4 is 48.5 Å². The predicted molar refractivity (Wildman–Crippen MR) is 138 cm³/mol. The molecule has 0 spiro atoms. The molecule has 4 aromatic rings. The molecule has 1 fully saturated rings. The number of carbonyl (C=O) groups is 1. The van der Waals surface area contributed by atoms with Crippen molar-refractivity contribution in [2.75, 3.05) is 10.8 Å². The summed E-state index contributed by atoms with van der Waals surface area (Å²) in [6, 6.07) is 23.5. The van der Waals surface area contributed by atoms with Gasteiger partial charge in [-0.15, -0.1) is 0 Å². The van der Waals surface area contributed by atoms with Gasteiger partial charge < -0.3 is 9.47 Å². The van der Waals surface area contributed by atoms with Gasteiger partial charge in [0.05, 0.1) is 4.47 Å². The molecule has 0 bridgehead atoms. The van der Waals surface area contributed by atoms with Gasteiger partial charge in [-0.1, -0.05) is 60.7 Å². The highest BCUT2D eigenvalue weighted by Crippen LogP contribution is 2.42. The fraction of sp³-hybridized carbons (Fsp3) is 0.115. The smallest absolute Gasteiger partial charge is 0.326 e. The first-order chi connectivity index (χ1) is 17.3. The molecule has 1 aliphatic rings. The van der Waals surface area contributed by atoms with Crippen LogP contribution in [0, 0.1) is 5.82 Å². The molecule has 1 amide bonds. The molecule has 0 saturated carbocycles. The van der Waals surface area contributed by atoms with Crippen LogP contribution in [0.25, 0.3) is 10.8 Å². The molecule has 1 aliphatic heterocycles. The summed E-state index contributed by atoms with van der Waals surface area (Å²) >= 11 is 3.42. The van der Waals surface area contributed by atoms with Gasteiger partial charge in [0.1, 0.15) is 36.9 Å². The van der Waals surface area contributed by atoms with Crippen LogP contribution in [-0.2, 0) is 28.2 Å². The van der Waals surface area contributed by atoms with E-state index in [1.807, 2.05) is 65.4 Å². The van der Waals surface area contributed by atoms with Crippen molar-refractivity contribution in [3.8, 4) is 11.5 Å². The average molecular weight is 571 g/mol. The molecule has 7 nitrogen and oxygen atoms in total. The van der Waals surface area contributed by atoms with Crippen LogP contribution in [-0.4, -0.2) is 20.9 Å². The molecule has 0 radical (unpaired) electrons. The number of halogens is 2.